The smallest absolute Gasteiger partial charge is 0.322 e. The lowest BCUT2D eigenvalue weighted by molar-refractivity contribution is -0.139. The quantitative estimate of drug-likeness (QED) is 0.535. The Kier molecular flexibility index (Phi) is 7.53. The SMILES string of the molecule is CC(=O)N[C@@H](C(=O)N1CCC([C@@]2(CCCc3ccccc3)NC(=O)NC2=O)CC1)C(C)C. The third-order valence-corrected chi connectivity index (χ3v) is 6.64. The van der Waals surface area contributed by atoms with Gasteiger partial charge in [-0.2, -0.15) is 0 Å². The third kappa shape index (κ3) is 5.29. The van der Waals surface area contributed by atoms with Crippen LogP contribution in [0.15, 0.2) is 30.3 Å². The molecule has 32 heavy (non-hydrogen) atoms. The predicted molar refractivity (Wildman–Crippen MR) is 121 cm³/mol. The van der Waals surface area contributed by atoms with E-state index in [4.69, 9.17) is 0 Å². The molecule has 2 saturated heterocycles. The average Bonchev–Trinajstić information content (AvgIpc) is 3.06. The molecule has 0 unspecified atom stereocenters. The summed E-state index contributed by atoms with van der Waals surface area (Å²) < 4.78 is 0. The average molecular weight is 443 g/mol. The van der Waals surface area contributed by atoms with Crippen LogP contribution in [-0.2, 0) is 20.8 Å². The summed E-state index contributed by atoms with van der Waals surface area (Å²) >= 11 is 0. The number of carbonyl (C=O) groups excluding carboxylic acids is 4. The van der Waals surface area contributed by atoms with Gasteiger partial charge in [0.15, 0.2) is 0 Å². The molecule has 0 spiro atoms. The molecule has 3 rings (SSSR count). The van der Waals surface area contributed by atoms with Gasteiger partial charge in [-0.15, -0.1) is 0 Å². The van der Waals surface area contributed by atoms with E-state index in [-0.39, 0.29) is 29.6 Å². The van der Waals surface area contributed by atoms with Gasteiger partial charge in [-0.05, 0) is 49.5 Å². The number of nitrogens with one attached hydrogen (secondary N) is 3. The molecule has 2 aliphatic heterocycles. The lowest BCUT2D eigenvalue weighted by Gasteiger charge is -2.41. The molecule has 0 bridgehead atoms. The minimum absolute atomic E-state index is 0.0200. The maximum Gasteiger partial charge on any atom is 0.322 e. The first-order chi connectivity index (χ1) is 15.2. The van der Waals surface area contributed by atoms with Crippen molar-refractivity contribution in [2.75, 3.05) is 13.1 Å². The summed E-state index contributed by atoms with van der Waals surface area (Å²) in [5.74, 6) is -0.652. The van der Waals surface area contributed by atoms with Gasteiger partial charge < -0.3 is 15.5 Å². The maximum atomic E-state index is 13.0. The first-order valence-electron chi connectivity index (χ1n) is 11.5. The van der Waals surface area contributed by atoms with Crippen LogP contribution >= 0.6 is 0 Å². The Bertz CT molecular complexity index is 849. The number of rotatable bonds is 8. The first-order valence-corrected chi connectivity index (χ1v) is 11.5. The molecule has 8 nitrogen and oxygen atoms in total. The molecule has 174 valence electrons. The van der Waals surface area contributed by atoms with Crippen molar-refractivity contribution >= 4 is 23.8 Å². The highest BCUT2D eigenvalue weighted by Crippen LogP contribution is 2.35. The van der Waals surface area contributed by atoms with E-state index in [0.717, 1.165) is 12.8 Å². The van der Waals surface area contributed by atoms with Crippen LogP contribution in [0.2, 0.25) is 0 Å². The van der Waals surface area contributed by atoms with Crippen molar-refractivity contribution in [1.82, 2.24) is 20.9 Å². The Morgan fingerprint density at radius 1 is 1.16 bits per heavy atom. The normalized spacial score (nSPS) is 22.4. The van der Waals surface area contributed by atoms with Crippen LogP contribution < -0.4 is 16.0 Å². The number of hydrogen-bond acceptors (Lipinski definition) is 4. The zero-order valence-corrected chi connectivity index (χ0v) is 19.1. The van der Waals surface area contributed by atoms with Crippen LogP contribution in [0, 0.1) is 11.8 Å². The van der Waals surface area contributed by atoms with Crippen molar-refractivity contribution in [2.45, 2.75) is 64.5 Å². The predicted octanol–water partition coefficient (Wildman–Crippen LogP) is 1.99. The monoisotopic (exact) mass is 442 g/mol. The van der Waals surface area contributed by atoms with Crippen LogP contribution in [0.1, 0.15) is 52.0 Å². The second kappa shape index (κ2) is 10.1. The minimum Gasteiger partial charge on any atom is -0.344 e. The van der Waals surface area contributed by atoms with E-state index in [1.165, 1.54) is 12.5 Å². The second-order valence-corrected chi connectivity index (χ2v) is 9.24. The molecule has 8 heteroatoms. The third-order valence-electron chi connectivity index (χ3n) is 6.64. The fourth-order valence-electron chi connectivity index (χ4n) is 4.91. The molecule has 2 fully saturated rings. The molecule has 0 saturated carbocycles. The molecule has 0 radical (unpaired) electrons. The molecule has 2 heterocycles. The van der Waals surface area contributed by atoms with Crippen LogP contribution in [0.25, 0.3) is 0 Å². The maximum absolute atomic E-state index is 13.0. The van der Waals surface area contributed by atoms with E-state index in [9.17, 15) is 19.2 Å². The summed E-state index contributed by atoms with van der Waals surface area (Å²) in [5.41, 5.74) is 0.265. The number of carbonyl (C=O) groups is 4. The van der Waals surface area contributed by atoms with Crippen molar-refractivity contribution in [3.8, 4) is 0 Å². The highest BCUT2D eigenvalue weighted by molar-refractivity contribution is 6.07. The van der Waals surface area contributed by atoms with E-state index >= 15 is 0 Å². The fraction of sp³-hybridized carbons (Fsp3) is 0.583. The summed E-state index contributed by atoms with van der Waals surface area (Å²) in [5, 5.41) is 8.10. The van der Waals surface area contributed by atoms with E-state index in [1.54, 1.807) is 4.90 Å². The number of imide groups is 1. The van der Waals surface area contributed by atoms with Crippen molar-refractivity contribution in [3.63, 3.8) is 0 Å². The van der Waals surface area contributed by atoms with E-state index in [2.05, 4.69) is 28.1 Å². The van der Waals surface area contributed by atoms with Gasteiger partial charge in [0, 0.05) is 20.0 Å². The van der Waals surface area contributed by atoms with E-state index in [0.29, 0.717) is 32.4 Å². The Labute approximate surface area is 189 Å². The number of amides is 5. The van der Waals surface area contributed by atoms with Crippen LogP contribution in [0.5, 0.6) is 0 Å². The largest absolute Gasteiger partial charge is 0.344 e. The number of piperidine rings is 1. The number of hydrogen-bond donors (Lipinski definition) is 3. The second-order valence-electron chi connectivity index (χ2n) is 9.24. The van der Waals surface area contributed by atoms with Gasteiger partial charge in [-0.3, -0.25) is 19.7 Å². The minimum atomic E-state index is -0.934. The summed E-state index contributed by atoms with van der Waals surface area (Å²) in [6.07, 6.45) is 3.40. The molecule has 5 amide bonds. The zero-order valence-electron chi connectivity index (χ0n) is 19.1. The van der Waals surface area contributed by atoms with Crippen LogP contribution in [0.3, 0.4) is 0 Å². The van der Waals surface area contributed by atoms with Crippen molar-refractivity contribution < 1.29 is 19.2 Å². The molecule has 2 atom stereocenters. The number of urea groups is 1. The lowest BCUT2D eigenvalue weighted by atomic mass is 9.74. The van der Waals surface area contributed by atoms with Crippen LogP contribution in [-0.4, -0.2) is 53.3 Å². The molecular weight excluding hydrogens is 408 g/mol. The van der Waals surface area contributed by atoms with Gasteiger partial charge in [-0.25, -0.2) is 4.79 Å². The highest BCUT2D eigenvalue weighted by atomic mass is 16.2. The summed E-state index contributed by atoms with van der Waals surface area (Å²) in [4.78, 5) is 51.2. The lowest BCUT2D eigenvalue weighted by Crippen LogP contribution is -2.58. The van der Waals surface area contributed by atoms with Gasteiger partial charge in [0.2, 0.25) is 11.8 Å². The van der Waals surface area contributed by atoms with Gasteiger partial charge in [0.1, 0.15) is 11.6 Å². The summed E-state index contributed by atoms with van der Waals surface area (Å²) in [7, 11) is 0. The van der Waals surface area contributed by atoms with Crippen molar-refractivity contribution in [2.24, 2.45) is 11.8 Å². The van der Waals surface area contributed by atoms with Crippen molar-refractivity contribution in [3.05, 3.63) is 35.9 Å². The van der Waals surface area contributed by atoms with E-state index < -0.39 is 17.6 Å². The van der Waals surface area contributed by atoms with Gasteiger partial charge in [0.05, 0.1) is 0 Å². The van der Waals surface area contributed by atoms with Gasteiger partial charge in [0.25, 0.3) is 5.91 Å². The zero-order chi connectivity index (χ0) is 23.3. The Morgan fingerprint density at radius 2 is 1.81 bits per heavy atom. The Hall–Kier alpha value is -2.90. The topological polar surface area (TPSA) is 108 Å². The van der Waals surface area contributed by atoms with Crippen LogP contribution in [0.4, 0.5) is 4.79 Å². The molecule has 2 aliphatic rings. The molecule has 0 aliphatic carbocycles. The number of likely N-dealkylation sites (tertiary alicyclic amines) is 1. The molecule has 1 aromatic rings. The standard InChI is InChI=1S/C24H34N4O4/c1-16(2)20(25-17(3)29)21(30)28-14-11-19(12-15-28)24(22(31)26-23(32)27-24)13-7-10-18-8-5-4-6-9-18/h4-6,8-9,16,19-20H,7,10-15H2,1-3H3,(H,25,29)(H2,26,27,31,32)/t20-,24-/m1/s1. The highest BCUT2D eigenvalue weighted by Gasteiger charge is 2.52. The number of nitrogens with zero attached hydrogens (tertiary/aromatic N) is 1. The summed E-state index contributed by atoms with van der Waals surface area (Å²) in [6.45, 7) is 6.22. The summed E-state index contributed by atoms with van der Waals surface area (Å²) in [6, 6.07) is 9.08. The molecule has 1 aromatic carbocycles. The molecule has 0 aromatic heterocycles. The molecule has 3 N–H and O–H groups in total. The van der Waals surface area contributed by atoms with Gasteiger partial charge >= 0.3 is 6.03 Å². The first kappa shape index (κ1) is 23.8. The van der Waals surface area contributed by atoms with E-state index in [1.807, 2.05) is 32.0 Å². The number of aryl methyl sites for hydroxylation is 1. The fourth-order valence-corrected chi connectivity index (χ4v) is 4.91. The van der Waals surface area contributed by atoms with Gasteiger partial charge in [-0.1, -0.05) is 44.2 Å². The molecular formula is C24H34N4O4. The Morgan fingerprint density at radius 3 is 2.34 bits per heavy atom. The Balaban J connectivity index is 1.65. The number of benzene rings is 1. The van der Waals surface area contributed by atoms with Crippen molar-refractivity contribution in [1.29, 1.82) is 0 Å².